The van der Waals surface area contributed by atoms with Gasteiger partial charge in [-0.1, -0.05) is 46.0 Å². The Labute approximate surface area is 112 Å². The minimum Gasteiger partial charge on any atom is -0.465 e. The van der Waals surface area contributed by atoms with Crippen LogP contribution < -0.4 is 5.32 Å². The molecule has 1 atom stereocenters. The average Bonchev–Trinajstić information content (AvgIpc) is 2.87. The van der Waals surface area contributed by atoms with Crippen molar-refractivity contribution in [3.8, 4) is 0 Å². The highest BCUT2D eigenvalue weighted by molar-refractivity contribution is 5.77. The molecule has 18 heavy (non-hydrogen) atoms. The molecule has 0 aromatic rings. The lowest BCUT2D eigenvalue weighted by Crippen LogP contribution is -2.34. The maximum absolute atomic E-state index is 12.1. The van der Waals surface area contributed by atoms with Crippen LogP contribution in [0.5, 0.6) is 0 Å². The third-order valence-electron chi connectivity index (χ3n) is 4.08. The summed E-state index contributed by atoms with van der Waals surface area (Å²) < 4.78 is 5.45. The third kappa shape index (κ3) is 4.60. The molecular formula is C15H29NO2. The first-order valence-corrected chi connectivity index (χ1v) is 7.63. The Hall–Kier alpha value is -0.570. The van der Waals surface area contributed by atoms with Gasteiger partial charge in [0.05, 0.1) is 12.0 Å². The number of carbonyl (C=O) groups excluding carboxylic acids is 1. The van der Waals surface area contributed by atoms with Gasteiger partial charge in [-0.05, 0) is 25.8 Å². The van der Waals surface area contributed by atoms with Crippen LogP contribution in [0.15, 0.2) is 0 Å². The lowest BCUT2D eigenvalue weighted by atomic mass is 9.84. The van der Waals surface area contributed by atoms with Crippen LogP contribution in [0.1, 0.15) is 65.2 Å². The standard InChI is InChI=1S/C15H29NO2/c1-3-5-6-7-8-9-12-18-14(17)15(4-2)10-11-16-13-15/h16H,3-13H2,1-2H3. The molecule has 0 radical (unpaired) electrons. The first-order chi connectivity index (χ1) is 8.75. The highest BCUT2D eigenvalue weighted by Gasteiger charge is 2.40. The second-order valence-corrected chi connectivity index (χ2v) is 5.46. The average molecular weight is 255 g/mol. The first kappa shape index (κ1) is 15.5. The highest BCUT2D eigenvalue weighted by atomic mass is 16.5. The molecule has 0 bridgehead atoms. The Morgan fingerprint density at radius 2 is 1.89 bits per heavy atom. The zero-order valence-corrected chi connectivity index (χ0v) is 12.1. The smallest absolute Gasteiger partial charge is 0.313 e. The Morgan fingerprint density at radius 1 is 1.17 bits per heavy atom. The van der Waals surface area contributed by atoms with E-state index in [4.69, 9.17) is 4.74 Å². The van der Waals surface area contributed by atoms with Crippen molar-refractivity contribution in [1.82, 2.24) is 5.32 Å². The predicted octanol–water partition coefficient (Wildman–Crippen LogP) is 3.28. The predicted molar refractivity (Wildman–Crippen MR) is 74.5 cm³/mol. The van der Waals surface area contributed by atoms with Crippen molar-refractivity contribution in [3.05, 3.63) is 0 Å². The fraction of sp³-hybridized carbons (Fsp3) is 0.933. The summed E-state index contributed by atoms with van der Waals surface area (Å²) in [6.07, 6.45) is 9.20. The molecule has 0 saturated carbocycles. The van der Waals surface area contributed by atoms with Gasteiger partial charge in [0.2, 0.25) is 0 Å². The molecule has 1 heterocycles. The van der Waals surface area contributed by atoms with Crippen LogP contribution >= 0.6 is 0 Å². The van der Waals surface area contributed by atoms with Crippen LogP contribution in [-0.2, 0) is 9.53 Å². The van der Waals surface area contributed by atoms with Crippen molar-refractivity contribution >= 4 is 5.97 Å². The molecule has 1 fully saturated rings. The second-order valence-electron chi connectivity index (χ2n) is 5.46. The Balaban J connectivity index is 2.09. The molecule has 1 aliphatic heterocycles. The quantitative estimate of drug-likeness (QED) is 0.507. The SMILES string of the molecule is CCCCCCCCOC(=O)C1(CC)CCNC1. The number of hydrogen-bond donors (Lipinski definition) is 1. The van der Waals surface area contributed by atoms with Gasteiger partial charge in [0.25, 0.3) is 0 Å². The van der Waals surface area contributed by atoms with Gasteiger partial charge in [-0.15, -0.1) is 0 Å². The van der Waals surface area contributed by atoms with Crippen molar-refractivity contribution in [2.45, 2.75) is 65.2 Å². The fourth-order valence-corrected chi connectivity index (χ4v) is 2.56. The second kappa shape index (κ2) is 8.52. The van der Waals surface area contributed by atoms with E-state index in [1.807, 2.05) is 0 Å². The van der Waals surface area contributed by atoms with Crippen molar-refractivity contribution in [2.75, 3.05) is 19.7 Å². The van der Waals surface area contributed by atoms with E-state index in [-0.39, 0.29) is 11.4 Å². The number of carbonyl (C=O) groups is 1. The molecule has 0 aliphatic carbocycles. The normalized spacial score (nSPS) is 23.2. The minimum absolute atomic E-state index is 0.0172. The fourth-order valence-electron chi connectivity index (χ4n) is 2.56. The van der Waals surface area contributed by atoms with E-state index in [1.54, 1.807) is 0 Å². The number of ether oxygens (including phenoxy) is 1. The van der Waals surface area contributed by atoms with E-state index < -0.39 is 0 Å². The lowest BCUT2D eigenvalue weighted by Gasteiger charge is -2.23. The summed E-state index contributed by atoms with van der Waals surface area (Å²) in [5.74, 6) is 0.0172. The highest BCUT2D eigenvalue weighted by Crippen LogP contribution is 2.30. The van der Waals surface area contributed by atoms with Crippen LogP contribution in [0.3, 0.4) is 0 Å². The maximum atomic E-state index is 12.1. The summed E-state index contributed by atoms with van der Waals surface area (Å²) in [6.45, 7) is 6.64. The van der Waals surface area contributed by atoms with Crippen molar-refractivity contribution in [1.29, 1.82) is 0 Å². The minimum atomic E-state index is -0.234. The summed E-state index contributed by atoms with van der Waals surface area (Å²) in [6, 6.07) is 0. The monoisotopic (exact) mass is 255 g/mol. The molecule has 0 spiro atoms. The molecule has 0 amide bonds. The largest absolute Gasteiger partial charge is 0.465 e. The molecule has 1 rings (SSSR count). The van der Waals surface area contributed by atoms with E-state index in [2.05, 4.69) is 19.2 Å². The molecule has 1 aliphatic rings. The topological polar surface area (TPSA) is 38.3 Å². The summed E-state index contributed by atoms with van der Waals surface area (Å²) in [5.41, 5.74) is -0.234. The van der Waals surface area contributed by atoms with Gasteiger partial charge in [-0.3, -0.25) is 4.79 Å². The molecule has 1 unspecified atom stereocenters. The van der Waals surface area contributed by atoms with Crippen molar-refractivity contribution in [2.24, 2.45) is 5.41 Å². The van der Waals surface area contributed by atoms with Crippen molar-refractivity contribution in [3.63, 3.8) is 0 Å². The zero-order valence-electron chi connectivity index (χ0n) is 12.1. The van der Waals surface area contributed by atoms with Crippen LogP contribution in [0.2, 0.25) is 0 Å². The maximum Gasteiger partial charge on any atom is 0.313 e. The van der Waals surface area contributed by atoms with Gasteiger partial charge < -0.3 is 10.1 Å². The number of unbranched alkanes of at least 4 members (excludes halogenated alkanes) is 5. The van der Waals surface area contributed by atoms with Gasteiger partial charge in [0.1, 0.15) is 0 Å². The van der Waals surface area contributed by atoms with Gasteiger partial charge in [0.15, 0.2) is 0 Å². The summed E-state index contributed by atoms with van der Waals surface area (Å²) in [4.78, 5) is 12.1. The summed E-state index contributed by atoms with van der Waals surface area (Å²) >= 11 is 0. The molecule has 0 aromatic heterocycles. The van der Waals surface area contributed by atoms with Gasteiger partial charge >= 0.3 is 5.97 Å². The Kier molecular flexibility index (Phi) is 7.33. The Morgan fingerprint density at radius 3 is 2.50 bits per heavy atom. The number of esters is 1. The molecular weight excluding hydrogens is 226 g/mol. The van der Waals surface area contributed by atoms with Crippen molar-refractivity contribution < 1.29 is 9.53 Å². The van der Waals surface area contributed by atoms with E-state index in [9.17, 15) is 4.79 Å². The van der Waals surface area contributed by atoms with Crippen LogP contribution in [0, 0.1) is 5.41 Å². The van der Waals surface area contributed by atoms with Gasteiger partial charge in [-0.25, -0.2) is 0 Å². The molecule has 1 saturated heterocycles. The van der Waals surface area contributed by atoms with E-state index in [1.165, 1.54) is 32.1 Å². The summed E-state index contributed by atoms with van der Waals surface area (Å²) in [5, 5.41) is 3.27. The zero-order chi connectivity index (χ0) is 13.3. The lowest BCUT2D eigenvalue weighted by molar-refractivity contribution is -0.155. The number of nitrogens with one attached hydrogen (secondary N) is 1. The van der Waals surface area contributed by atoms with Crippen LogP contribution in [-0.4, -0.2) is 25.7 Å². The third-order valence-corrected chi connectivity index (χ3v) is 4.08. The number of rotatable bonds is 9. The Bertz CT molecular complexity index is 235. The summed E-state index contributed by atoms with van der Waals surface area (Å²) in [7, 11) is 0. The first-order valence-electron chi connectivity index (χ1n) is 7.63. The van der Waals surface area contributed by atoms with E-state index in [0.29, 0.717) is 6.61 Å². The van der Waals surface area contributed by atoms with Crippen LogP contribution in [0.25, 0.3) is 0 Å². The van der Waals surface area contributed by atoms with E-state index in [0.717, 1.165) is 32.4 Å². The van der Waals surface area contributed by atoms with Gasteiger partial charge in [0, 0.05) is 6.54 Å². The van der Waals surface area contributed by atoms with E-state index >= 15 is 0 Å². The van der Waals surface area contributed by atoms with Crippen LogP contribution in [0.4, 0.5) is 0 Å². The molecule has 106 valence electrons. The number of hydrogen-bond acceptors (Lipinski definition) is 3. The molecule has 3 nitrogen and oxygen atoms in total. The molecule has 1 N–H and O–H groups in total. The molecule has 3 heteroatoms. The van der Waals surface area contributed by atoms with Gasteiger partial charge in [-0.2, -0.15) is 0 Å². The molecule has 0 aromatic carbocycles.